The van der Waals surface area contributed by atoms with Gasteiger partial charge in [-0.2, -0.15) is 0 Å². The summed E-state index contributed by atoms with van der Waals surface area (Å²) in [6.07, 6.45) is 0. The average Bonchev–Trinajstić information content (AvgIpc) is 3.00. The van der Waals surface area contributed by atoms with E-state index in [2.05, 4.69) is 0 Å². The molecule has 2 N–H and O–H groups in total. The number of ether oxygens (including phenoxy) is 2. The Labute approximate surface area is 153 Å². The lowest BCUT2D eigenvalue weighted by atomic mass is 10.1. The predicted octanol–water partition coefficient (Wildman–Crippen LogP) is 3.64. The molecule has 0 saturated carbocycles. The number of hydrogen-bond donors (Lipinski definition) is 1. The minimum atomic E-state index is -0.545. The number of fused-ring (bicyclic) bond motifs is 1. The van der Waals surface area contributed by atoms with Crippen molar-refractivity contribution < 1.29 is 23.5 Å². The topological polar surface area (TPSA) is 78.6 Å². The molecular weight excluding hydrogens is 357 g/mol. The molecule has 0 unspecified atom stereocenters. The Kier molecular flexibility index (Phi) is 5.29. The molecule has 0 atom stereocenters. The molecule has 0 aliphatic carbocycles. The van der Waals surface area contributed by atoms with Crippen LogP contribution in [0.1, 0.15) is 31.2 Å². The van der Waals surface area contributed by atoms with E-state index in [1.165, 1.54) is 24.5 Å². The second kappa shape index (κ2) is 7.63. The summed E-state index contributed by atoms with van der Waals surface area (Å²) in [7, 11) is 1.49. The van der Waals surface area contributed by atoms with Gasteiger partial charge in [0.1, 0.15) is 17.3 Å². The molecule has 0 aliphatic heterocycles. The number of thiophene rings is 1. The van der Waals surface area contributed by atoms with Crippen molar-refractivity contribution in [3.8, 4) is 0 Å². The monoisotopic (exact) mass is 373 g/mol. The summed E-state index contributed by atoms with van der Waals surface area (Å²) >= 11 is 1.17. The van der Waals surface area contributed by atoms with Crippen LogP contribution in [-0.4, -0.2) is 19.0 Å². The fourth-order valence-corrected chi connectivity index (χ4v) is 3.71. The Bertz CT molecular complexity index is 966. The van der Waals surface area contributed by atoms with Crippen molar-refractivity contribution in [2.75, 3.05) is 7.11 Å². The van der Waals surface area contributed by atoms with Gasteiger partial charge in [-0.05, 0) is 29.8 Å². The third-order valence-corrected chi connectivity index (χ3v) is 5.02. The van der Waals surface area contributed by atoms with Crippen LogP contribution in [0.3, 0.4) is 0 Å². The van der Waals surface area contributed by atoms with Gasteiger partial charge in [0.15, 0.2) is 0 Å². The van der Waals surface area contributed by atoms with Gasteiger partial charge in [0.25, 0.3) is 0 Å². The number of primary amides is 1. The van der Waals surface area contributed by atoms with E-state index in [9.17, 15) is 14.0 Å². The third-order valence-electron chi connectivity index (χ3n) is 3.85. The molecule has 0 bridgehead atoms. The molecule has 2 aromatic carbocycles. The van der Waals surface area contributed by atoms with Crippen LogP contribution < -0.4 is 5.73 Å². The fourth-order valence-electron chi connectivity index (χ4n) is 2.59. The van der Waals surface area contributed by atoms with Crippen LogP contribution in [0.4, 0.5) is 4.39 Å². The van der Waals surface area contributed by atoms with Crippen molar-refractivity contribution in [3.63, 3.8) is 0 Å². The maximum atomic E-state index is 14.2. The second-order valence-corrected chi connectivity index (χ2v) is 6.65. The van der Waals surface area contributed by atoms with Crippen molar-refractivity contribution in [3.05, 3.63) is 69.8 Å². The van der Waals surface area contributed by atoms with Crippen LogP contribution in [0.15, 0.2) is 42.5 Å². The molecule has 1 aromatic heterocycles. The number of esters is 1. The lowest BCUT2D eigenvalue weighted by Crippen LogP contribution is -2.11. The molecule has 1 heterocycles. The van der Waals surface area contributed by atoms with Crippen molar-refractivity contribution in [2.45, 2.75) is 13.2 Å². The Morgan fingerprint density at radius 1 is 1.12 bits per heavy atom. The number of carbonyl (C=O) groups is 2. The van der Waals surface area contributed by atoms with E-state index >= 15 is 0 Å². The third kappa shape index (κ3) is 3.58. The van der Waals surface area contributed by atoms with Crippen molar-refractivity contribution in [2.24, 2.45) is 5.73 Å². The maximum Gasteiger partial charge on any atom is 0.349 e. The number of rotatable bonds is 6. The highest BCUT2D eigenvalue weighted by Crippen LogP contribution is 2.34. The van der Waals surface area contributed by atoms with Gasteiger partial charge in [0, 0.05) is 28.3 Å². The van der Waals surface area contributed by atoms with Gasteiger partial charge in [0.05, 0.1) is 6.61 Å². The quantitative estimate of drug-likeness (QED) is 0.669. The minimum absolute atomic E-state index is 0.0288. The summed E-state index contributed by atoms with van der Waals surface area (Å²) < 4.78 is 25.3. The summed E-state index contributed by atoms with van der Waals surface area (Å²) in [6.45, 7) is 0.139. The highest BCUT2D eigenvalue weighted by molar-refractivity contribution is 7.21. The van der Waals surface area contributed by atoms with E-state index in [0.29, 0.717) is 31.7 Å². The zero-order chi connectivity index (χ0) is 18.7. The first-order chi connectivity index (χ1) is 12.5. The van der Waals surface area contributed by atoms with E-state index in [0.717, 1.165) is 0 Å². The molecule has 0 radical (unpaired) electrons. The molecule has 3 rings (SSSR count). The second-order valence-electron chi connectivity index (χ2n) is 5.59. The Morgan fingerprint density at radius 2 is 1.85 bits per heavy atom. The summed E-state index contributed by atoms with van der Waals surface area (Å²) in [6, 6.07) is 11.2. The largest absolute Gasteiger partial charge is 0.457 e. The van der Waals surface area contributed by atoms with Gasteiger partial charge < -0.3 is 15.2 Å². The van der Waals surface area contributed by atoms with Crippen LogP contribution >= 0.6 is 11.3 Å². The SMILES string of the molecule is COCc1c(C(=O)OCc2ccc(C(N)=O)cc2)sc2cccc(F)c12. The van der Waals surface area contributed by atoms with E-state index < -0.39 is 17.7 Å². The first kappa shape index (κ1) is 18.0. The summed E-state index contributed by atoms with van der Waals surface area (Å²) in [5.41, 5.74) is 6.77. The summed E-state index contributed by atoms with van der Waals surface area (Å²) in [5.74, 6) is -1.46. The first-order valence-electron chi connectivity index (χ1n) is 7.76. The molecule has 0 saturated heterocycles. The smallest absolute Gasteiger partial charge is 0.349 e. The zero-order valence-corrected chi connectivity index (χ0v) is 14.8. The van der Waals surface area contributed by atoms with Crippen LogP contribution in [0.25, 0.3) is 10.1 Å². The molecule has 1 amide bonds. The molecule has 26 heavy (non-hydrogen) atoms. The van der Waals surface area contributed by atoms with Gasteiger partial charge in [-0.1, -0.05) is 18.2 Å². The number of amides is 1. The van der Waals surface area contributed by atoms with E-state index in [1.807, 2.05) is 0 Å². The zero-order valence-electron chi connectivity index (χ0n) is 14.0. The number of benzene rings is 2. The molecule has 0 aliphatic rings. The van der Waals surface area contributed by atoms with Crippen molar-refractivity contribution in [1.82, 2.24) is 0 Å². The lowest BCUT2D eigenvalue weighted by molar-refractivity contribution is 0.0474. The summed E-state index contributed by atoms with van der Waals surface area (Å²) in [5, 5.41) is 0.386. The standard InChI is InChI=1S/C19H16FNO4S/c1-24-10-13-16-14(20)3-2-4-15(16)26-17(13)19(23)25-9-11-5-7-12(8-6-11)18(21)22/h2-8H,9-10H2,1H3,(H2,21,22). The van der Waals surface area contributed by atoms with Crippen molar-refractivity contribution >= 4 is 33.3 Å². The first-order valence-corrected chi connectivity index (χ1v) is 8.57. The molecule has 0 fully saturated rings. The average molecular weight is 373 g/mol. The number of nitrogens with two attached hydrogens (primary N) is 1. The Hall–Kier alpha value is -2.77. The number of halogens is 1. The molecule has 134 valence electrons. The maximum absolute atomic E-state index is 14.2. The van der Waals surface area contributed by atoms with Gasteiger partial charge in [0.2, 0.25) is 5.91 Å². The van der Waals surface area contributed by atoms with Crippen LogP contribution in [0, 0.1) is 5.82 Å². The Morgan fingerprint density at radius 3 is 2.50 bits per heavy atom. The molecule has 3 aromatic rings. The van der Waals surface area contributed by atoms with Gasteiger partial charge in [-0.3, -0.25) is 4.79 Å². The minimum Gasteiger partial charge on any atom is -0.457 e. The predicted molar refractivity (Wildman–Crippen MR) is 96.6 cm³/mol. The molecular formula is C19H16FNO4S. The van der Waals surface area contributed by atoms with E-state index in [4.69, 9.17) is 15.2 Å². The molecule has 0 spiro atoms. The van der Waals surface area contributed by atoms with E-state index in [-0.39, 0.29) is 13.2 Å². The Balaban J connectivity index is 1.82. The highest BCUT2D eigenvalue weighted by Gasteiger charge is 2.21. The highest BCUT2D eigenvalue weighted by atomic mass is 32.1. The molecule has 5 nitrogen and oxygen atoms in total. The van der Waals surface area contributed by atoms with Crippen molar-refractivity contribution in [1.29, 1.82) is 0 Å². The lowest BCUT2D eigenvalue weighted by Gasteiger charge is -2.06. The van der Waals surface area contributed by atoms with Gasteiger partial charge in [-0.15, -0.1) is 11.3 Å². The van der Waals surface area contributed by atoms with Crippen LogP contribution in [-0.2, 0) is 22.7 Å². The fraction of sp³-hybridized carbons (Fsp3) is 0.158. The number of hydrogen-bond acceptors (Lipinski definition) is 5. The van der Waals surface area contributed by atoms with E-state index in [1.54, 1.807) is 36.4 Å². The van der Waals surface area contributed by atoms with Gasteiger partial charge >= 0.3 is 5.97 Å². The summed E-state index contributed by atoms with van der Waals surface area (Å²) in [4.78, 5) is 23.9. The van der Waals surface area contributed by atoms with Crippen LogP contribution in [0.5, 0.6) is 0 Å². The van der Waals surface area contributed by atoms with Crippen LogP contribution in [0.2, 0.25) is 0 Å². The molecule has 7 heteroatoms. The number of methoxy groups -OCH3 is 1. The number of carbonyl (C=O) groups excluding carboxylic acids is 2. The normalized spacial score (nSPS) is 10.8. The van der Waals surface area contributed by atoms with Gasteiger partial charge in [-0.25, -0.2) is 9.18 Å².